The van der Waals surface area contributed by atoms with Crippen LogP contribution in [0.5, 0.6) is 0 Å². The van der Waals surface area contributed by atoms with Gasteiger partial charge < -0.3 is 10.6 Å². The zero-order valence-electron chi connectivity index (χ0n) is 12.3. The third-order valence-corrected chi connectivity index (χ3v) is 4.44. The molecule has 2 N–H and O–H groups in total. The molecular formula is C15H22ClN3O. The number of halogens is 1. The van der Waals surface area contributed by atoms with Crippen LogP contribution in [0.15, 0.2) is 12.1 Å². The third kappa shape index (κ3) is 3.23. The summed E-state index contributed by atoms with van der Waals surface area (Å²) in [4.78, 5) is 16.5. The van der Waals surface area contributed by atoms with Crippen LogP contribution in [0.2, 0.25) is 5.02 Å². The molecule has 0 saturated heterocycles. The molecule has 1 aromatic rings. The Morgan fingerprint density at radius 2 is 2.15 bits per heavy atom. The average molecular weight is 296 g/mol. The number of rotatable bonds is 6. The van der Waals surface area contributed by atoms with Crippen molar-refractivity contribution in [3.05, 3.63) is 22.8 Å². The Balaban J connectivity index is 2.03. The number of nitrogens with one attached hydrogen (secondary N) is 2. The Kier molecular flexibility index (Phi) is 4.53. The summed E-state index contributed by atoms with van der Waals surface area (Å²) in [5, 5.41) is 6.45. The summed E-state index contributed by atoms with van der Waals surface area (Å²) in [7, 11) is 0. The molecule has 4 nitrogen and oxygen atoms in total. The highest BCUT2D eigenvalue weighted by molar-refractivity contribution is 6.33. The van der Waals surface area contributed by atoms with Crippen LogP contribution in [0.3, 0.4) is 0 Å². The molecule has 5 heteroatoms. The van der Waals surface area contributed by atoms with Crippen molar-refractivity contribution < 1.29 is 4.79 Å². The lowest BCUT2D eigenvalue weighted by atomic mass is 9.92. The van der Waals surface area contributed by atoms with Crippen molar-refractivity contribution in [3.63, 3.8) is 0 Å². The molecule has 1 saturated carbocycles. The van der Waals surface area contributed by atoms with Crippen LogP contribution in [-0.4, -0.2) is 24.0 Å². The third-order valence-electron chi connectivity index (χ3n) is 4.14. The summed E-state index contributed by atoms with van der Waals surface area (Å²) in [6.45, 7) is 7.85. The van der Waals surface area contributed by atoms with Gasteiger partial charge in [-0.05, 0) is 43.2 Å². The van der Waals surface area contributed by atoms with E-state index in [9.17, 15) is 4.79 Å². The Morgan fingerprint density at radius 1 is 1.45 bits per heavy atom. The monoisotopic (exact) mass is 295 g/mol. The van der Waals surface area contributed by atoms with Gasteiger partial charge in [0, 0.05) is 13.1 Å². The fourth-order valence-electron chi connectivity index (χ4n) is 2.34. The minimum absolute atomic E-state index is 0.193. The predicted molar refractivity (Wildman–Crippen MR) is 82.2 cm³/mol. The first-order valence-corrected chi connectivity index (χ1v) is 7.55. The van der Waals surface area contributed by atoms with Crippen LogP contribution in [0.1, 0.15) is 44.1 Å². The first-order chi connectivity index (χ1) is 9.48. The van der Waals surface area contributed by atoms with Crippen molar-refractivity contribution in [1.29, 1.82) is 0 Å². The summed E-state index contributed by atoms with van der Waals surface area (Å²) < 4.78 is 0. The van der Waals surface area contributed by atoms with Crippen LogP contribution < -0.4 is 10.6 Å². The van der Waals surface area contributed by atoms with Crippen molar-refractivity contribution in [3.8, 4) is 0 Å². The molecule has 110 valence electrons. The number of anilines is 1. The standard InChI is InChI=1S/C15H22ClN3O/c1-4-17-12-6-5-11(16)13(19-12)14(20)18-9-15(7-8-15)10(2)3/h5-6,10H,4,7-9H2,1-3H3,(H,17,19)(H,18,20). The number of aromatic nitrogens is 1. The van der Waals surface area contributed by atoms with Crippen LogP contribution in [-0.2, 0) is 0 Å². The molecular weight excluding hydrogens is 274 g/mol. The second-order valence-corrected chi connectivity index (χ2v) is 6.16. The minimum atomic E-state index is -0.193. The van der Waals surface area contributed by atoms with E-state index < -0.39 is 0 Å². The van der Waals surface area contributed by atoms with Gasteiger partial charge in [0.25, 0.3) is 5.91 Å². The maximum absolute atomic E-state index is 12.2. The number of nitrogens with zero attached hydrogens (tertiary/aromatic N) is 1. The summed E-state index contributed by atoms with van der Waals surface area (Å²) >= 11 is 6.07. The molecule has 0 aromatic carbocycles. The highest BCUT2D eigenvalue weighted by Gasteiger charge is 2.45. The molecule has 0 radical (unpaired) electrons. The van der Waals surface area contributed by atoms with Crippen LogP contribution in [0, 0.1) is 11.3 Å². The topological polar surface area (TPSA) is 54.0 Å². The Bertz CT molecular complexity index is 498. The number of pyridine rings is 1. The normalized spacial score (nSPS) is 16.1. The second-order valence-electron chi connectivity index (χ2n) is 5.76. The molecule has 0 atom stereocenters. The van der Waals surface area contributed by atoms with E-state index in [2.05, 4.69) is 29.5 Å². The van der Waals surface area contributed by atoms with Crippen molar-refractivity contribution in [2.75, 3.05) is 18.4 Å². The average Bonchev–Trinajstić information content (AvgIpc) is 3.20. The molecule has 0 spiro atoms. The van der Waals surface area contributed by atoms with Crippen molar-refractivity contribution in [2.24, 2.45) is 11.3 Å². The lowest BCUT2D eigenvalue weighted by molar-refractivity contribution is 0.0935. The maximum atomic E-state index is 12.2. The lowest BCUT2D eigenvalue weighted by Gasteiger charge is -2.20. The first-order valence-electron chi connectivity index (χ1n) is 7.17. The zero-order valence-corrected chi connectivity index (χ0v) is 13.0. The van der Waals surface area contributed by atoms with Gasteiger partial charge >= 0.3 is 0 Å². The number of hydrogen-bond donors (Lipinski definition) is 2. The summed E-state index contributed by atoms with van der Waals surface area (Å²) in [5.74, 6) is 1.06. The van der Waals surface area contributed by atoms with Gasteiger partial charge in [0.15, 0.2) is 0 Å². The van der Waals surface area contributed by atoms with Crippen LogP contribution in [0.25, 0.3) is 0 Å². The highest BCUT2D eigenvalue weighted by atomic mass is 35.5. The molecule has 0 bridgehead atoms. The fourth-order valence-corrected chi connectivity index (χ4v) is 2.53. The van der Waals surface area contributed by atoms with Gasteiger partial charge in [-0.25, -0.2) is 4.98 Å². The Hall–Kier alpha value is -1.29. The number of carbonyl (C=O) groups excluding carboxylic acids is 1. The summed E-state index contributed by atoms with van der Waals surface area (Å²) in [5.41, 5.74) is 0.575. The van der Waals surface area contributed by atoms with Gasteiger partial charge in [0.2, 0.25) is 0 Å². The smallest absolute Gasteiger partial charge is 0.271 e. The maximum Gasteiger partial charge on any atom is 0.271 e. The minimum Gasteiger partial charge on any atom is -0.370 e. The molecule has 1 heterocycles. The summed E-state index contributed by atoms with van der Waals surface area (Å²) in [6, 6.07) is 3.48. The molecule has 20 heavy (non-hydrogen) atoms. The SMILES string of the molecule is CCNc1ccc(Cl)c(C(=O)NCC2(C(C)C)CC2)n1. The van der Waals surface area contributed by atoms with E-state index in [0.29, 0.717) is 29.0 Å². The van der Waals surface area contributed by atoms with Crippen molar-refractivity contribution in [2.45, 2.75) is 33.6 Å². The zero-order chi connectivity index (χ0) is 14.8. The molecule has 1 aliphatic carbocycles. The van der Waals surface area contributed by atoms with E-state index in [1.165, 1.54) is 12.8 Å². The highest BCUT2D eigenvalue weighted by Crippen LogP contribution is 2.51. The van der Waals surface area contributed by atoms with Gasteiger partial charge in [-0.1, -0.05) is 25.4 Å². The van der Waals surface area contributed by atoms with E-state index in [1.807, 2.05) is 6.92 Å². The van der Waals surface area contributed by atoms with Gasteiger partial charge in [-0.3, -0.25) is 4.79 Å². The molecule has 1 aliphatic rings. The van der Waals surface area contributed by atoms with Gasteiger partial charge in [0.05, 0.1) is 5.02 Å². The van der Waals surface area contributed by atoms with E-state index >= 15 is 0 Å². The van der Waals surface area contributed by atoms with Crippen molar-refractivity contribution in [1.82, 2.24) is 10.3 Å². The Morgan fingerprint density at radius 3 is 2.70 bits per heavy atom. The van der Waals surface area contributed by atoms with E-state index in [0.717, 1.165) is 6.54 Å². The van der Waals surface area contributed by atoms with Gasteiger partial charge in [0.1, 0.15) is 11.5 Å². The Labute approximate surface area is 125 Å². The van der Waals surface area contributed by atoms with Crippen LogP contribution in [0.4, 0.5) is 5.82 Å². The molecule has 0 aliphatic heterocycles. The first kappa shape index (κ1) is 15.1. The lowest BCUT2D eigenvalue weighted by Crippen LogP contribution is -2.33. The number of carbonyl (C=O) groups is 1. The molecule has 1 amide bonds. The van der Waals surface area contributed by atoms with Crippen molar-refractivity contribution >= 4 is 23.3 Å². The van der Waals surface area contributed by atoms with E-state index in [-0.39, 0.29) is 11.3 Å². The number of hydrogen-bond acceptors (Lipinski definition) is 3. The van der Waals surface area contributed by atoms with Gasteiger partial charge in [-0.15, -0.1) is 0 Å². The fraction of sp³-hybridized carbons (Fsp3) is 0.600. The molecule has 1 fully saturated rings. The predicted octanol–water partition coefficient (Wildman–Crippen LogP) is 3.33. The van der Waals surface area contributed by atoms with E-state index in [4.69, 9.17) is 11.6 Å². The molecule has 0 unspecified atom stereocenters. The largest absolute Gasteiger partial charge is 0.370 e. The van der Waals surface area contributed by atoms with Gasteiger partial charge in [-0.2, -0.15) is 0 Å². The van der Waals surface area contributed by atoms with E-state index in [1.54, 1.807) is 12.1 Å². The number of amides is 1. The quantitative estimate of drug-likeness (QED) is 0.846. The summed E-state index contributed by atoms with van der Waals surface area (Å²) in [6.07, 6.45) is 2.37. The second kappa shape index (κ2) is 6.00. The molecule has 1 aromatic heterocycles. The molecule has 2 rings (SSSR count). The van der Waals surface area contributed by atoms with Crippen LogP contribution >= 0.6 is 11.6 Å².